The van der Waals surface area contributed by atoms with Crippen molar-refractivity contribution in [3.05, 3.63) is 71.9 Å². The van der Waals surface area contributed by atoms with E-state index in [2.05, 4.69) is 5.43 Å². The highest BCUT2D eigenvalue weighted by Crippen LogP contribution is 2.34. The van der Waals surface area contributed by atoms with E-state index in [4.69, 9.17) is 23.6 Å². The first-order chi connectivity index (χ1) is 18.0. The van der Waals surface area contributed by atoms with E-state index in [1.54, 1.807) is 18.2 Å². The van der Waals surface area contributed by atoms with Crippen LogP contribution in [0.15, 0.2) is 59.3 Å². The summed E-state index contributed by atoms with van der Waals surface area (Å²) < 4.78 is 22.6. The predicted molar refractivity (Wildman–Crippen MR) is 138 cm³/mol. The van der Waals surface area contributed by atoms with Crippen molar-refractivity contribution in [2.45, 2.75) is 45.8 Å². The van der Waals surface area contributed by atoms with Crippen molar-refractivity contribution < 1.29 is 23.4 Å². The van der Waals surface area contributed by atoms with E-state index >= 15 is 0 Å². The summed E-state index contributed by atoms with van der Waals surface area (Å²) in [4.78, 5) is 19.8. The van der Waals surface area contributed by atoms with Gasteiger partial charge in [-0.2, -0.15) is 0 Å². The third kappa shape index (κ3) is 4.99. The van der Waals surface area contributed by atoms with Crippen LogP contribution in [-0.2, 0) is 11.3 Å². The Labute approximate surface area is 216 Å². The number of aryl methyl sites for hydroxylation is 1. The lowest BCUT2D eigenvalue weighted by molar-refractivity contribution is -0.135. The van der Waals surface area contributed by atoms with Crippen molar-refractivity contribution in [3.63, 3.8) is 0 Å². The van der Waals surface area contributed by atoms with Crippen LogP contribution in [0.3, 0.4) is 0 Å². The largest absolute Gasteiger partial charge is 0.494 e. The number of aromatic nitrogens is 1. The van der Waals surface area contributed by atoms with E-state index in [9.17, 15) is 4.79 Å². The number of ether oxygens (including phenoxy) is 3. The molecule has 1 aromatic heterocycles. The van der Waals surface area contributed by atoms with Crippen LogP contribution < -0.4 is 19.6 Å². The smallest absolute Gasteiger partial charge is 0.251 e. The van der Waals surface area contributed by atoms with Crippen molar-refractivity contribution in [1.29, 1.82) is 0 Å². The van der Waals surface area contributed by atoms with E-state index in [1.807, 2.05) is 74.4 Å². The number of fused-ring (bicyclic) bond motifs is 1. The number of rotatable bonds is 9. The molecule has 1 saturated heterocycles. The number of nitrogens with zero attached hydrogens (tertiary/aromatic N) is 3. The molecule has 2 aliphatic heterocycles. The third-order valence-electron chi connectivity index (χ3n) is 6.59. The number of methoxy groups -OCH3 is 1. The van der Waals surface area contributed by atoms with E-state index in [1.165, 1.54) is 0 Å². The Kier molecular flexibility index (Phi) is 7.05. The van der Waals surface area contributed by atoms with Crippen LogP contribution in [0.4, 0.5) is 0 Å². The molecule has 1 N–H and O–H groups in total. The molecular weight excluding hydrogens is 472 g/mol. The van der Waals surface area contributed by atoms with Crippen LogP contribution in [0.1, 0.15) is 43.3 Å². The minimum atomic E-state index is -0.288. The molecule has 0 aliphatic carbocycles. The van der Waals surface area contributed by atoms with E-state index < -0.39 is 0 Å². The lowest BCUT2D eigenvalue weighted by atomic mass is 10.0. The highest BCUT2D eigenvalue weighted by Gasteiger charge is 2.40. The van der Waals surface area contributed by atoms with Gasteiger partial charge in [0.05, 0.1) is 32.9 Å². The van der Waals surface area contributed by atoms with Gasteiger partial charge in [-0.25, -0.2) is 10.4 Å². The fraction of sp³-hybridized carbons (Fsp3) is 0.357. The molecule has 2 atom stereocenters. The lowest BCUT2D eigenvalue weighted by Crippen LogP contribution is -2.47. The number of hydrogen-bond donors (Lipinski definition) is 1. The zero-order valence-corrected chi connectivity index (χ0v) is 21.6. The minimum absolute atomic E-state index is 0.0233. The Morgan fingerprint density at radius 2 is 1.84 bits per heavy atom. The summed E-state index contributed by atoms with van der Waals surface area (Å²) in [6, 6.07) is 13.3. The summed E-state index contributed by atoms with van der Waals surface area (Å²) in [6.45, 7) is 7.26. The van der Waals surface area contributed by atoms with Gasteiger partial charge in [0.25, 0.3) is 5.91 Å². The molecule has 2 aromatic carbocycles. The van der Waals surface area contributed by atoms with Gasteiger partial charge in [0, 0.05) is 18.0 Å². The van der Waals surface area contributed by atoms with E-state index in [0.29, 0.717) is 55.0 Å². The molecule has 0 bridgehead atoms. The van der Waals surface area contributed by atoms with Crippen molar-refractivity contribution in [3.8, 4) is 28.7 Å². The number of carbonyl (C=O) groups is 1. The van der Waals surface area contributed by atoms with Crippen LogP contribution in [0.5, 0.6) is 17.2 Å². The molecule has 1 amide bonds. The van der Waals surface area contributed by atoms with Gasteiger partial charge >= 0.3 is 0 Å². The second kappa shape index (κ2) is 10.6. The van der Waals surface area contributed by atoms with Crippen molar-refractivity contribution >= 4 is 5.91 Å². The number of amides is 1. The first-order valence-corrected chi connectivity index (χ1v) is 12.5. The van der Waals surface area contributed by atoms with Gasteiger partial charge in [0.15, 0.2) is 11.5 Å². The summed E-state index contributed by atoms with van der Waals surface area (Å²) in [7, 11) is 1.60. The number of benzene rings is 2. The molecule has 9 heteroatoms. The molecule has 194 valence electrons. The average molecular weight is 505 g/mol. The van der Waals surface area contributed by atoms with Gasteiger partial charge in [-0.15, -0.1) is 0 Å². The maximum atomic E-state index is 13.4. The molecule has 0 radical (unpaired) electrons. The lowest BCUT2D eigenvalue weighted by Gasteiger charge is -2.31. The fourth-order valence-electron chi connectivity index (χ4n) is 4.68. The number of nitrogens with one attached hydrogen (secondary N) is 1. The Morgan fingerprint density at radius 1 is 1.05 bits per heavy atom. The van der Waals surface area contributed by atoms with Gasteiger partial charge < -0.3 is 28.5 Å². The molecule has 2 unspecified atom stereocenters. The Balaban J connectivity index is 1.28. The van der Waals surface area contributed by atoms with Crippen molar-refractivity contribution in [1.82, 2.24) is 20.3 Å². The maximum absolute atomic E-state index is 13.4. The summed E-state index contributed by atoms with van der Waals surface area (Å²) in [5, 5.41) is 1.90. The molecular formula is C28H32N4O5. The summed E-state index contributed by atoms with van der Waals surface area (Å²) >= 11 is 0. The monoisotopic (exact) mass is 504 g/mol. The molecule has 5 rings (SSSR count). The van der Waals surface area contributed by atoms with Crippen LogP contribution in [0, 0.1) is 6.92 Å². The average Bonchev–Trinajstić information content (AvgIpc) is 3.51. The number of hydrazine groups is 1. The number of oxazole rings is 1. The molecule has 2 aliphatic rings. The fourth-order valence-corrected chi connectivity index (χ4v) is 4.68. The molecule has 3 heterocycles. The first-order valence-electron chi connectivity index (χ1n) is 12.5. The Hall–Kier alpha value is -3.98. The molecule has 37 heavy (non-hydrogen) atoms. The SMILES string of the molecule is CCOc1ccc(C2CC3C(=O)N(Cc4nc(-c5ccc(OCC)c(OC)c5)oc4C)C=CN3N2)cc1. The van der Waals surface area contributed by atoms with Gasteiger partial charge in [-0.05, 0) is 63.1 Å². The number of hydrogen-bond acceptors (Lipinski definition) is 8. The molecule has 1 fully saturated rings. The van der Waals surface area contributed by atoms with Crippen LogP contribution in [-0.4, -0.2) is 47.2 Å². The Bertz CT molecular complexity index is 1290. The quantitative estimate of drug-likeness (QED) is 0.453. The number of carbonyl (C=O) groups excluding carboxylic acids is 1. The minimum Gasteiger partial charge on any atom is -0.494 e. The molecule has 9 nitrogen and oxygen atoms in total. The van der Waals surface area contributed by atoms with Crippen LogP contribution >= 0.6 is 0 Å². The molecule has 0 spiro atoms. The summed E-state index contributed by atoms with van der Waals surface area (Å²) in [5.74, 6) is 3.29. The first kappa shape index (κ1) is 24.7. The highest BCUT2D eigenvalue weighted by molar-refractivity contribution is 5.84. The Morgan fingerprint density at radius 3 is 2.57 bits per heavy atom. The highest BCUT2D eigenvalue weighted by atomic mass is 16.5. The summed E-state index contributed by atoms with van der Waals surface area (Å²) in [6.07, 6.45) is 4.37. The normalized spacial score (nSPS) is 18.8. The van der Waals surface area contributed by atoms with Crippen LogP contribution in [0.25, 0.3) is 11.5 Å². The second-order valence-corrected chi connectivity index (χ2v) is 8.93. The summed E-state index contributed by atoms with van der Waals surface area (Å²) in [5.41, 5.74) is 6.05. The zero-order chi connectivity index (χ0) is 25.9. The van der Waals surface area contributed by atoms with Gasteiger partial charge in [0.2, 0.25) is 5.89 Å². The zero-order valence-electron chi connectivity index (χ0n) is 21.6. The third-order valence-corrected chi connectivity index (χ3v) is 6.59. The standard InChI is InChI=1S/C28H32N4O5/c1-5-35-21-10-7-19(8-11-21)22-16-24-28(33)31(13-14-32(24)30-22)17-23-18(3)37-27(29-23)20-9-12-25(36-6-2)26(15-20)34-4/h7-15,22,24,30H,5-6,16-17H2,1-4H3. The van der Waals surface area contributed by atoms with Gasteiger partial charge in [-0.1, -0.05) is 12.1 Å². The van der Waals surface area contributed by atoms with E-state index in [0.717, 1.165) is 16.9 Å². The van der Waals surface area contributed by atoms with Gasteiger partial charge in [0.1, 0.15) is 23.2 Å². The topological polar surface area (TPSA) is 89.3 Å². The van der Waals surface area contributed by atoms with Crippen molar-refractivity contribution in [2.75, 3.05) is 20.3 Å². The second-order valence-electron chi connectivity index (χ2n) is 8.93. The van der Waals surface area contributed by atoms with Gasteiger partial charge in [-0.3, -0.25) is 4.79 Å². The predicted octanol–water partition coefficient (Wildman–Crippen LogP) is 4.59. The molecule has 0 saturated carbocycles. The van der Waals surface area contributed by atoms with Crippen molar-refractivity contribution in [2.24, 2.45) is 0 Å². The van der Waals surface area contributed by atoms with Crippen LogP contribution in [0.2, 0.25) is 0 Å². The molecule has 3 aromatic rings. The maximum Gasteiger partial charge on any atom is 0.251 e. The van der Waals surface area contributed by atoms with E-state index in [-0.39, 0.29) is 18.0 Å².